The van der Waals surface area contributed by atoms with Crippen LogP contribution in [0.3, 0.4) is 0 Å². The zero-order valence-corrected chi connectivity index (χ0v) is 20.2. The van der Waals surface area contributed by atoms with E-state index < -0.39 is 5.54 Å². The molecule has 1 aliphatic carbocycles. The average Bonchev–Trinajstić information content (AvgIpc) is 3.38. The first-order chi connectivity index (χ1) is 16.0. The van der Waals surface area contributed by atoms with Crippen LogP contribution in [0.25, 0.3) is 0 Å². The number of rotatable bonds is 8. The van der Waals surface area contributed by atoms with Gasteiger partial charge >= 0.3 is 0 Å². The van der Waals surface area contributed by atoms with Crippen LogP contribution in [-0.4, -0.2) is 44.9 Å². The summed E-state index contributed by atoms with van der Waals surface area (Å²) in [4.78, 5) is 35.8. The van der Waals surface area contributed by atoms with Crippen molar-refractivity contribution in [1.29, 1.82) is 0 Å². The molecule has 0 atom stereocenters. The van der Waals surface area contributed by atoms with Crippen LogP contribution >= 0.6 is 11.3 Å². The summed E-state index contributed by atoms with van der Waals surface area (Å²) in [5, 5.41) is 12.8. The SMILES string of the molecule is CC(=O)NC1(c2noc(CCC(=O)Nc3nc(CN4CCCCC4)cs3)n2)CCCCCC1. The van der Waals surface area contributed by atoms with Crippen molar-refractivity contribution in [2.24, 2.45) is 0 Å². The molecule has 2 N–H and O–H groups in total. The topological polar surface area (TPSA) is 113 Å². The standard InChI is InChI=1S/C23H34N6O3S/c1-17(30)27-23(11-5-2-3-6-12-23)21-26-20(32-28-21)10-9-19(31)25-22-24-18(16-33-22)15-29-13-7-4-8-14-29/h16H,2-15H2,1H3,(H,27,30)(H,24,25,31). The van der Waals surface area contributed by atoms with E-state index in [1.807, 2.05) is 5.38 Å². The molecule has 2 aliphatic rings. The minimum atomic E-state index is -0.571. The van der Waals surface area contributed by atoms with Gasteiger partial charge in [-0.05, 0) is 38.8 Å². The first kappa shape index (κ1) is 23.8. The Labute approximate surface area is 198 Å². The Bertz CT molecular complexity index is 928. The van der Waals surface area contributed by atoms with Crippen molar-refractivity contribution in [3.8, 4) is 0 Å². The molecule has 0 bridgehead atoms. The number of carbonyl (C=O) groups is 2. The van der Waals surface area contributed by atoms with Gasteiger partial charge in [0.05, 0.1) is 5.69 Å². The first-order valence-corrected chi connectivity index (χ1v) is 13.0. The molecule has 0 aromatic carbocycles. The van der Waals surface area contributed by atoms with Crippen molar-refractivity contribution in [3.05, 3.63) is 22.8 Å². The molecule has 9 nitrogen and oxygen atoms in total. The summed E-state index contributed by atoms with van der Waals surface area (Å²) in [6.07, 6.45) is 10.3. The highest BCUT2D eigenvalue weighted by molar-refractivity contribution is 7.13. The highest BCUT2D eigenvalue weighted by atomic mass is 32.1. The summed E-state index contributed by atoms with van der Waals surface area (Å²) in [6.45, 7) is 4.60. The predicted octanol–water partition coefficient (Wildman–Crippen LogP) is 3.77. The predicted molar refractivity (Wildman–Crippen MR) is 126 cm³/mol. The maximum atomic E-state index is 12.4. The molecule has 2 fully saturated rings. The Hall–Kier alpha value is -2.33. The van der Waals surface area contributed by atoms with Crippen molar-refractivity contribution < 1.29 is 14.1 Å². The monoisotopic (exact) mass is 474 g/mol. The number of carbonyl (C=O) groups excluding carboxylic acids is 2. The molecular formula is C23H34N6O3S. The molecule has 1 saturated heterocycles. The van der Waals surface area contributed by atoms with E-state index in [1.165, 1.54) is 37.5 Å². The van der Waals surface area contributed by atoms with Crippen molar-refractivity contribution in [3.63, 3.8) is 0 Å². The highest BCUT2D eigenvalue weighted by Crippen LogP contribution is 2.34. The molecule has 3 heterocycles. The number of anilines is 1. The lowest BCUT2D eigenvalue weighted by Gasteiger charge is -2.30. The van der Waals surface area contributed by atoms with Crippen molar-refractivity contribution >= 4 is 28.3 Å². The minimum Gasteiger partial charge on any atom is -0.343 e. The highest BCUT2D eigenvalue weighted by Gasteiger charge is 2.38. The summed E-state index contributed by atoms with van der Waals surface area (Å²) in [5.41, 5.74) is 0.434. The smallest absolute Gasteiger partial charge is 0.227 e. The van der Waals surface area contributed by atoms with E-state index in [0.717, 1.165) is 63.9 Å². The van der Waals surface area contributed by atoms with Gasteiger partial charge < -0.3 is 15.2 Å². The molecular weight excluding hydrogens is 440 g/mol. The van der Waals surface area contributed by atoms with Gasteiger partial charge in [-0.25, -0.2) is 4.98 Å². The molecule has 1 saturated carbocycles. The number of nitrogens with one attached hydrogen (secondary N) is 2. The number of aryl methyl sites for hydroxylation is 1. The van der Waals surface area contributed by atoms with Crippen LogP contribution in [0.1, 0.15) is 88.5 Å². The van der Waals surface area contributed by atoms with Crippen LogP contribution in [0, 0.1) is 0 Å². The quantitative estimate of drug-likeness (QED) is 0.560. The Balaban J connectivity index is 1.29. The third-order valence-corrected chi connectivity index (χ3v) is 7.27. The summed E-state index contributed by atoms with van der Waals surface area (Å²) in [7, 11) is 0. The van der Waals surface area contributed by atoms with Crippen LogP contribution in [0.2, 0.25) is 0 Å². The van der Waals surface area contributed by atoms with Gasteiger partial charge in [0, 0.05) is 31.7 Å². The average molecular weight is 475 g/mol. The van der Waals surface area contributed by atoms with Gasteiger partial charge in [-0.2, -0.15) is 4.98 Å². The molecule has 10 heteroatoms. The van der Waals surface area contributed by atoms with Gasteiger partial charge in [-0.1, -0.05) is 37.3 Å². The zero-order valence-electron chi connectivity index (χ0n) is 19.4. The lowest BCUT2D eigenvalue weighted by atomic mass is 9.89. The Morgan fingerprint density at radius 1 is 1.09 bits per heavy atom. The van der Waals surface area contributed by atoms with Crippen LogP contribution in [0.4, 0.5) is 5.13 Å². The van der Waals surface area contributed by atoms with E-state index in [9.17, 15) is 9.59 Å². The number of hydrogen-bond donors (Lipinski definition) is 2. The number of hydrogen-bond acceptors (Lipinski definition) is 8. The largest absolute Gasteiger partial charge is 0.343 e. The molecule has 180 valence electrons. The molecule has 1 aliphatic heterocycles. The lowest BCUT2D eigenvalue weighted by molar-refractivity contribution is -0.121. The normalized spacial score (nSPS) is 19.1. The van der Waals surface area contributed by atoms with E-state index >= 15 is 0 Å². The van der Waals surface area contributed by atoms with Crippen LogP contribution in [0.15, 0.2) is 9.90 Å². The summed E-state index contributed by atoms with van der Waals surface area (Å²) in [6, 6.07) is 0. The van der Waals surface area contributed by atoms with Gasteiger partial charge in [-0.15, -0.1) is 11.3 Å². The fourth-order valence-electron chi connectivity index (χ4n) is 4.81. The van der Waals surface area contributed by atoms with Gasteiger partial charge in [0.2, 0.25) is 17.7 Å². The van der Waals surface area contributed by atoms with E-state index in [1.54, 1.807) is 0 Å². The number of amides is 2. The van der Waals surface area contributed by atoms with E-state index in [4.69, 9.17) is 4.52 Å². The lowest BCUT2D eigenvalue weighted by Crippen LogP contribution is -2.45. The fraction of sp³-hybridized carbons (Fsp3) is 0.696. The third-order valence-electron chi connectivity index (χ3n) is 6.47. The van der Waals surface area contributed by atoms with Crippen molar-refractivity contribution in [2.75, 3.05) is 18.4 Å². The molecule has 0 radical (unpaired) electrons. The van der Waals surface area contributed by atoms with Crippen molar-refractivity contribution in [2.45, 2.75) is 89.6 Å². The molecule has 2 aromatic rings. The van der Waals surface area contributed by atoms with E-state index in [0.29, 0.717) is 23.3 Å². The maximum Gasteiger partial charge on any atom is 0.227 e. The Morgan fingerprint density at radius 2 is 1.82 bits per heavy atom. The Kier molecular flexibility index (Phi) is 8.08. The summed E-state index contributed by atoms with van der Waals surface area (Å²) < 4.78 is 5.44. The van der Waals surface area contributed by atoms with Gasteiger partial charge in [0.15, 0.2) is 11.0 Å². The molecule has 0 spiro atoms. The zero-order chi connectivity index (χ0) is 23.1. The van der Waals surface area contributed by atoms with E-state index in [-0.39, 0.29) is 18.2 Å². The second-order valence-corrected chi connectivity index (χ2v) is 10.1. The number of piperidine rings is 1. The summed E-state index contributed by atoms with van der Waals surface area (Å²) >= 11 is 1.46. The van der Waals surface area contributed by atoms with E-state index in [2.05, 4.69) is 30.7 Å². The third kappa shape index (κ3) is 6.60. The van der Waals surface area contributed by atoms with Crippen LogP contribution < -0.4 is 10.6 Å². The van der Waals surface area contributed by atoms with Gasteiger partial charge in [0.25, 0.3) is 0 Å². The fourth-order valence-corrected chi connectivity index (χ4v) is 5.53. The first-order valence-electron chi connectivity index (χ1n) is 12.1. The molecule has 0 unspecified atom stereocenters. The second kappa shape index (κ2) is 11.2. The second-order valence-electron chi connectivity index (χ2n) is 9.22. The Morgan fingerprint density at radius 3 is 2.55 bits per heavy atom. The van der Waals surface area contributed by atoms with Crippen LogP contribution in [-0.2, 0) is 28.1 Å². The minimum absolute atomic E-state index is 0.0919. The molecule has 33 heavy (non-hydrogen) atoms. The molecule has 2 aromatic heterocycles. The molecule has 2 amide bonds. The number of nitrogens with zero attached hydrogens (tertiary/aromatic N) is 4. The number of aromatic nitrogens is 3. The van der Waals surface area contributed by atoms with Crippen molar-refractivity contribution in [1.82, 2.24) is 25.3 Å². The van der Waals surface area contributed by atoms with Gasteiger partial charge in [-0.3, -0.25) is 14.5 Å². The maximum absolute atomic E-state index is 12.4. The van der Waals surface area contributed by atoms with Crippen LogP contribution in [0.5, 0.6) is 0 Å². The molecule has 4 rings (SSSR count). The summed E-state index contributed by atoms with van der Waals surface area (Å²) in [5.74, 6) is 0.724. The van der Waals surface area contributed by atoms with Gasteiger partial charge in [0.1, 0.15) is 5.54 Å². The number of thiazole rings is 1. The number of likely N-dealkylation sites (tertiary alicyclic amines) is 1.